The highest BCUT2D eigenvalue weighted by Crippen LogP contribution is 2.24. The Hall–Kier alpha value is -3.72. The van der Waals surface area contributed by atoms with Crippen LogP contribution in [0.25, 0.3) is 0 Å². The van der Waals surface area contributed by atoms with Crippen LogP contribution < -0.4 is 21.7 Å². The minimum Gasteiger partial charge on any atom is -0.350 e. The van der Waals surface area contributed by atoms with Gasteiger partial charge in [0.05, 0.1) is 0 Å². The zero-order valence-corrected chi connectivity index (χ0v) is 29.2. The number of rotatable bonds is 17. The van der Waals surface area contributed by atoms with Gasteiger partial charge < -0.3 is 26.6 Å². The molecule has 46 heavy (non-hydrogen) atoms. The van der Waals surface area contributed by atoms with Gasteiger partial charge in [-0.25, -0.2) is 0 Å². The number of benzene rings is 2. The average molecular weight is 636 g/mol. The van der Waals surface area contributed by atoms with Crippen molar-refractivity contribution >= 4 is 23.6 Å². The Morgan fingerprint density at radius 1 is 0.826 bits per heavy atom. The molecule has 0 bridgehead atoms. The van der Waals surface area contributed by atoms with Crippen LogP contribution in [0, 0.1) is 17.3 Å². The highest BCUT2D eigenvalue weighted by Gasteiger charge is 2.31. The van der Waals surface area contributed by atoms with E-state index in [1.165, 1.54) is 0 Å². The summed E-state index contributed by atoms with van der Waals surface area (Å²) in [7, 11) is 0. The van der Waals surface area contributed by atoms with Crippen LogP contribution in [0.15, 0.2) is 54.6 Å². The van der Waals surface area contributed by atoms with Crippen LogP contribution in [0.3, 0.4) is 0 Å². The van der Waals surface area contributed by atoms with Crippen LogP contribution in [0.2, 0.25) is 0 Å². The minimum absolute atomic E-state index is 0.0884. The van der Waals surface area contributed by atoms with Crippen LogP contribution in [0.1, 0.15) is 107 Å². The highest BCUT2D eigenvalue weighted by molar-refractivity contribution is 5.99. The maximum atomic E-state index is 13.5. The Labute approximate surface area is 276 Å². The summed E-state index contributed by atoms with van der Waals surface area (Å²) in [5, 5.41) is 8.96. The lowest BCUT2D eigenvalue weighted by Crippen LogP contribution is -2.53. The molecule has 0 saturated heterocycles. The van der Waals surface area contributed by atoms with Crippen molar-refractivity contribution in [3.05, 3.63) is 71.3 Å². The van der Waals surface area contributed by atoms with Gasteiger partial charge in [-0.15, -0.1) is 0 Å². The SMILES string of the molecule is CCCN(CCC)C(=O)c1cccc(C(=O)N[C@@H](CC(C)(C)C)[C@@H](N)C[C@@H](C)C(=O)N[C@H](C(=O)NCc2ccccc2)C(C)C)c1. The fraction of sp³-hybridized carbons (Fsp3) is 0.568. The van der Waals surface area contributed by atoms with Gasteiger partial charge >= 0.3 is 0 Å². The summed E-state index contributed by atoms with van der Waals surface area (Å²) in [5.41, 5.74) is 8.39. The van der Waals surface area contributed by atoms with Crippen molar-refractivity contribution in [2.75, 3.05) is 13.1 Å². The number of nitrogens with zero attached hydrogens (tertiary/aromatic N) is 1. The van der Waals surface area contributed by atoms with Crippen molar-refractivity contribution in [1.29, 1.82) is 0 Å². The third-order valence-electron chi connectivity index (χ3n) is 7.94. The van der Waals surface area contributed by atoms with Gasteiger partial charge in [0.25, 0.3) is 11.8 Å². The molecule has 9 nitrogen and oxygen atoms in total. The van der Waals surface area contributed by atoms with Crippen molar-refractivity contribution in [1.82, 2.24) is 20.9 Å². The number of amides is 4. The summed E-state index contributed by atoms with van der Waals surface area (Å²) < 4.78 is 0. The van der Waals surface area contributed by atoms with E-state index in [1.807, 2.05) is 62.9 Å². The molecule has 0 saturated carbocycles. The Morgan fingerprint density at radius 2 is 1.43 bits per heavy atom. The van der Waals surface area contributed by atoms with E-state index in [2.05, 4.69) is 36.7 Å². The van der Waals surface area contributed by atoms with E-state index in [1.54, 1.807) is 31.2 Å². The van der Waals surface area contributed by atoms with Crippen molar-refractivity contribution in [3.63, 3.8) is 0 Å². The topological polar surface area (TPSA) is 134 Å². The second-order valence-electron chi connectivity index (χ2n) is 14.0. The third-order valence-corrected chi connectivity index (χ3v) is 7.94. The van der Waals surface area contributed by atoms with E-state index in [0.29, 0.717) is 43.6 Å². The van der Waals surface area contributed by atoms with E-state index in [4.69, 9.17) is 5.73 Å². The highest BCUT2D eigenvalue weighted by atomic mass is 16.2. The Kier molecular flexibility index (Phi) is 15.4. The third kappa shape index (κ3) is 12.6. The molecule has 0 aromatic heterocycles. The van der Waals surface area contributed by atoms with Crippen LogP contribution in [0.5, 0.6) is 0 Å². The molecule has 0 aliphatic rings. The van der Waals surface area contributed by atoms with Gasteiger partial charge in [-0.3, -0.25) is 19.2 Å². The molecule has 4 atom stereocenters. The van der Waals surface area contributed by atoms with E-state index in [9.17, 15) is 19.2 Å². The molecule has 2 aromatic carbocycles. The molecule has 9 heteroatoms. The number of nitrogens with one attached hydrogen (secondary N) is 3. The maximum absolute atomic E-state index is 13.5. The molecular weight excluding hydrogens is 578 g/mol. The van der Waals surface area contributed by atoms with Gasteiger partial charge in [-0.1, -0.05) is 91.8 Å². The van der Waals surface area contributed by atoms with Crippen molar-refractivity contribution in [3.8, 4) is 0 Å². The fourth-order valence-electron chi connectivity index (χ4n) is 5.46. The predicted octanol–water partition coefficient (Wildman–Crippen LogP) is 5.29. The minimum atomic E-state index is -0.694. The first-order chi connectivity index (χ1) is 21.7. The van der Waals surface area contributed by atoms with Gasteiger partial charge in [-0.2, -0.15) is 0 Å². The maximum Gasteiger partial charge on any atom is 0.253 e. The number of carbonyl (C=O) groups is 4. The van der Waals surface area contributed by atoms with E-state index in [0.717, 1.165) is 18.4 Å². The van der Waals surface area contributed by atoms with E-state index < -0.39 is 24.0 Å². The summed E-state index contributed by atoms with van der Waals surface area (Å²) in [6, 6.07) is 14.8. The van der Waals surface area contributed by atoms with Crippen LogP contribution in [-0.4, -0.2) is 59.7 Å². The zero-order valence-electron chi connectivity index (χ0n) is 29.2. The van der Waals surface area contributed by atoms with Gasteiger partial charge in [0, 0.05) is 48.8 Å². The average Bonchev–Trinajstić information content (AvgIpc) is 3.01. The van der Waals surface area contributed by atoms with Gasteiger partial charge in [0.15, 0.2) is 0 Å². The predicted molar refractivity (Wildman–Crippen MR) is 185 cm³/mol. The van der Waals surface area contributed by atoms with Crippen LogP contribution in [-0.2, 0) is 16.1 Å². The smallest absolute Gasteiger partial charge is 0.253 e. The molecule has 0 spiro atoms. The standard InChI is InChI=1S/C37H57N5O4/c1-9-19-42(20-10-2)36(46)29-18-14-17-28(22-29)34(44)40-31(23-37(6,7)8)30(38)21-26(5)33(43)41-32(25(3)4)35(45)39-24-27-15-12-11-13-16-27/h11-18,22,25-26,30-32H,9-10,19-21,23-24,38H2,1-8H3,(H,39,45)(H,40,44)(H,41,43)/t26-,30+,31+,32+/m1/s1. The Balaban J connectivity index is 2.11. The Morgan fingerprint density at radius 3 is 2.00 bits per heavy atom. The van der Waals surface area contributed by atoms with Gasteiger partial charge in [-0.05, 0) is 60.8 Å². The quantitative estimate of drug-likeness (QED) is 0.187. The molecule has 4 amide bonds. The summed E-state index contributed by atoms with van der Waals surface area (Å²) >= 11 is 0. The molecule has 254 valence electrons. The summed E-state index contributed by atoms with van der Waals surface area (Å²) in [6.45, 7) is 17.6. The molecule has 0 aliphatic heterocycles. The first-order valence-corrected chi connectivity index (χ1v) is 16.7. The Bertz CT molecular complexity index is 1270. The van der Waals surface area contributed by atoms with Crippen LogP contribution in [0.4, 0.5) is 0 Å². The zero-order chi connectivity index (χ0) is 34.4. The van der Waals surface area contributed by atoms with Gasteiger partial charge in [0.2, 0.25) is 11.8 Å². The molecule has 2 aromatic rings. The second-order valence-corrected chi connectivity index (χ2v) is 14.0. The van der Waals surface area contributed by atoms with Gasteiger partial charge in [0.1, 0.15) is 6.04 Å². The summed E-state index contributed by atoms with van der Waals surface area (Å²) in [5.74, 6) is -1.53. The summed E-state index contributed by atoms with van der Waals surface area (Å²) in [4.78, 5) is 54.8. The lowest BCUT2D eigenvalue weighted by molar-refractivity contribution is -0.132. The first kappa shape index (κ1) is 38.5. The molecule has 0 fully saturated rings. The molecule has 2 rings (SSSR count). The molecule has 0 heterocycles. The number of carbonyl (C=O) groups excluding carboxylic acids is 4. The lowest BCUT2D eigenvalue weighted by atomic mass is 9.83. The summed E-state index contributed by atoms with van der Waals surface area (Å²) in [6.07, 6.45) is 2.61. The monoisotopic (exact) mass is 635 g/mol. The van der Waals surface area contributed by atoms with Crippen molar-refractivity contribution in [2.45, 2.75) is 106 Å². The second kappa shape index (κ2) is 18.4. The van der Waals surface area contributed by atoms with E-state index >= 15 is 0 Å². The molecule has 5 N–H and O–H groups in total. The van der Waals surface area contributed by atoms with Crippen molar-refractivity contribution < 1.29 is 19.2 Å². The molecule has 0 aliphatic carbocycles. The first-order valence-electron chi connectivity index (χ1n) is 16.7. The largest absolute Gasteiger partial charge is 0.350 e. The fourth-order valence-corrected chi connectivity index (χ4v) is 5.46. The van der Waals surface area contributed by atoms with Crippen LogP contribution >= 0.6 is 0 Å². The normalized spacial score (nSPS) is 14.1. The lowest BCUT2D eigenvalue weighted by Gasteiger charge is -2.32. The van der Waals surface area contributed by atoms with Crippen molar-refractivity contribution in [2.24, 2.45) is 23.0 Å². The van der Waals surface area contributed by atoms with E-state index in [-0.39, 0.29) is 35.0 Å². The number of nitrogens with two attached hydrogens (primary N) is 1. The molecule has 0 unspecified atom stereocenters. The number of hydrogen-bond acceptors (Lipinski definition) is 5. The number of hydrogen-bond donors (Lipinski definition) is 4. The molecular formula is C37H57N5O4. The molecule has 0 radical (unpaired) electrons.